The normalized spacial score (nSPS) is 11.4. The SMILES string of the molecule is O=C(C[S-])[N-]CC(=O)[N-]CC(=O)[N-]CC(=O)NCCCCOc1ccc(C(=O)c2ccc3n2CCC3)cc1.[O]=[Tc+4]. The van der Waals surface area contributed by atoms with E-state index >= 15 is 0 Å². The van der Waals surface area contributed by atoms with Crippen LogP contribution in [0, 0.1) is 0 Å². The predicted molar refractivity (Wildman–Crippen MR) is 143 cm³/mol. The van der Waals surface area contributed by atoms with Gasteiger partial charge >= 0.3 is 22.4 Å². The molecule has 3 rings (SSSR count). The molecule has 0 fully saturated rings. The van der Waals surface area contributed by atoms with Gasteiger partial charge in [-0.1, -0.05) is 13.1 Å². The van der Waals surface area contributed by atoms with Crippen molar-refractivity contribution in [2.75, 3.05) is 38.5 Å². The summed E-state index contributed by atoms with van der Waals surface area (Å²) in [5, 5.41) is 13.0. The summed E-state index contributed by atoms with van der Waals surface area (Å²) in [5.74, 6) is -2.04. The van der Waals surface area contributed by atoms with Crippen LogP contribution in [0.3, 0.4) is 0 Å². The zero-order chi connectivity index (χ0) is 29.3. The van der Waals surface area contributed by atoms with Crippen LogP contribution < -0.4 is 10.1 Å². The van der Waals surface area contributed by atoms with Crippen molar-refractivity contribution in [2.45, 2.75) is 32.2 Å². The van der Waals surface area contributed by atoms with Gasteiger partial charge in [0.25, 0.3) is 0 Å². The number of hydrogen-bond acceptors (Lipinski definition) is 8. The van der Waals surface area contributed by atoms with E-state index in [4.69, 9.17) is 8.24 Å². The average molecular weight is 654 g/mol. The summed E-state index contributed by atoms with van der Waals surface area (Å²) in [6.07, 6.45) is 3.43. The van der Waals surface area contributed by atoms with Crippen LogP contribution in [0.15, 0.2) is 36.4 Å². The van der Waals surface area contributed by atoms with Gasteiger partial charge in [0.2, 0.25) is 11.7 Å². The van der Waals surface area contributed by atoms with Crippen LogP contribution >= 0.6 is 0 Å². The van der Waals surface area contributed by atoms with Crippen molar-refractivity contribution < 1.29 is 51.1 Å². The Morgan fingerprint density at radius 3 is 2.20 bits per heavy atom. The molecule has 1 aliphatic rings. The van der Waals surface area contributed by atoms with Gasteiger partial charge in [-0.15, -0.1) is 5.75 Å². The molecule has 0 saturated carbocycles. The van der Waals surface area contributed by atoms with Gasteiger partial charge in [-0.05, 0) is 68.6 Å². The van der Waals surface area contributed by atoms with Gasteiger partial charge in [0.1, 0.15) is 5.75 Å². The minimum atomic E-state index is -0.735. The molecule has 0 aliphatic carbocycles. The van der Waals surface area contributed by atoms with E-state index in [0.29, 0.717) is 37.3 Å². The van der Waals surface area contributed by atoms with Crippen molar-refractivity contribution in [3.05, 3.63) is 69.3 Å². The third kappa shape index (κ3) is 11.0. The Morgan fingerprint density at radius 2 is 1.52 bits per heavy atom. The molecule has 1 aliphatic heterocycles. The predicted octanol–water partition coefficient (Wildman–Crippen LogP) is 2.07. The number of rotatable bonds is 15. The number of aromatic nitrogens is 1. The molecule has 2 heterocycles. The molecule has 14 heteroatoms. The number of amides is 4. The Kier molecular flexibility index (Phi) is 14.9. The average Bonchev–Trinajstić information content (AvgIpc) is 3.61. The fourth-order valence-corrected chi connectivity index (χ4v) is 3.87. The van der Waals surface area contributed by atoms with E-state index in [0.717, 1.165) is 43.9 Å². The van der Waals surface area contributed by atoms with E-state index in [1.807, 2.05) is 12.1 Å². The number of ether oxygens (including phenoxy) is 1. The van der Waals surface area contributed by atoms with E-state index in [1.54, 1.807) is 24.3 Å². The van der Waals surface area contributed by atoms with Gasteiger partial charge in [0, 0.05) is 42.1 Å². The van der Waals surface area contributed by atoms with Gasteiger partial charge in [-0.2, -0.15) is 0 Å². The topological polar surface area (TPSA) is 171 Å². The molecule has 0 saturated heterocycles. The fraction of sp³-hybridized carbons (Fsp3) is 0.423. The molecule has 2 aromatic rings. The Labute approximate surface area is 248 Å². The second-order valence-electron chi connectivity index (χ2n) is 8.50. The summed E-state index contributed by atoms with van der Waals surface area (Å²) < 4.78 is 16.0. The van der Waals surface area contributed by atoms with Crippen molar-refractivity contribution in [2.24, 2.45) is 0 Å². The van der Waals surface area contributed by atoms with Crippen LogP contribution in [0.4, 0.5) is 0 Å². The number of benzene rings is 1. The second-order valence-corrected chi connectivity index (χ2v) is 8.79. The first kappa shape index (κ1) is 32.9. The first-order chi connectivity index (χ1) is 19.4. The Balaban J connectivity index is 0.00000274. The second kappa shape index (κ2) is 18.1. The van der Waals surface area contributed by atoms with E-state index in [9.17, 15) is 24.0 Å². The van der Waals surface area contributed by atoms with Crippen molar-refractivity contribution >= 4 is 42.0 Å². The number of carbonyl (C=O) groups excluding carboxylic acids is 5. The maximum absolute atomic E-state index is 12.8. The Morgan fingerprint density at radius 1 is 0.875 bits per heavy atom. The van der Waals surface area contributed by atoms with Gasteiger partial charge in [0.15, 0.2) is 0 Å². The summed E-state index contributed by atoms with van der Waals surface area (Å²) in [6.45, 7) is 0.378. The Bertz CT molecular complexity index is 1170. The quantitative estimate of drug-likeness (QED) is 0.173. The van der Waals surface area contributed by atoms with E-state index < -0.39 is 36.7 Å². The number of aryl methyl sites for hydroxylation is 1. The first-order valence-corrected chi connectivity index (χ1v) is 13.8. The molecule has 40 heavy (non-hydrogen) atoms. The molecule has 0 unspecified atom stereocenters. The number of hydrogen-bond donors (Lipinski definition) is 1. The molecule has 213 valence electrons. The van der Waals surface area contributed by atoms with Crippen LogP contribution in [0.5, 0.6) is 5.75 Å². The number of nitrogens with zero attached hydrogens (tertiary/aromatic N) is 4. The molecule has 1 N–H and O–H groups in total. The standard InChI is InChI=1S/C26H33N5O6S.O.Tc/c32-22(14-28-23(33)15-29-24(34)16-30-25(35)17-38)27-11-1-2-13-37-20-8-5-18(6-9-20)26(36)21-10-7-19-4-3-12-31(19)21;;/h5-10H,1-4,11-17H2,(H5,27,28,29,30,32,33,34,35,38);;/q;;+4/p-4. The van der Waals surface area contributed by atoms with Crippen LogP contribution in [0.2, 0.25) is 0 Å². The van der Waals surface area contributed by atoms with Crippen molar-refractivity contribution in [1.29, 1.82) is 0 Å². The van der Waals surface area contributed by atoms with Crippen LogP contribution in [0.25, 0.3) is 16.0 Å². The zero-order valence-electron chi connectivity index (χ0n) is 21.7. The number of carbonyl (C=O) groups is 5. The summed E-state index contributed by atoms with van der Waals surface area (Å²) in [4.78, 5) is 58.6. The number of nitrogens with one attached hydrogen (secondary N) is 1. The van der Waals surface area contributed by atoms with E-state index in [-0.39, 0.29) is 18.1 Å². The molecule has 0 radical (unpaired) electrons. The van der Waals surface area contributed by atoms with E-state index in [2.05, 4.69) is 38.5 Å². The van der Waals surface area contributed by atoms with Crippen molar-refractivity contribution in [3.63, 3.8) is 0 Å². The molecular formula is C26H29N5O7STc. The van der Waals surface area contributed by atoms with Gasteiger partial charge in [-0.25, -0.2) is 0 Å². The summed E-state index contributed by atoms with van der Waals surface area (Å²) >= 11 is 5.39. The third-order valence-corrected chi connectivity index (χ3v) is 5.95. The Hall–Kier alpha value is -3.35. The fourth-order valence-electron chi connectivity index (χ4n) is 3.78. The van der Waals surface area contributed by atoms with Gasteiger partial charge in [-0.3, -0.25) is 9.59 Å². The summed E-state index contributed by atoms with van der Waals surface area (Å²) in [7, 11) is 0. The van der Waals surface area contributed by atoms with Crippen LogP contribution in [0.1, 0.15) is 41.0 Å². The summed E-state index contributed by atoms with van der Waals surface area (Å²) in [5.41, 5.74) is 2.55. The maximum atomic E-state index is 12.8. The molecular weight excluding hydrogens is 624 g/mol. The number of fused-ring (bicyclic) bond motifs is 1. The summed E-state index contributed by atoms with van der Waals surface area (Å²) in [6, 6.07) is 11.0. The van der Waals surface area contributed by atoms with Gasteiger partial charge < -0.3 is 57.6 Å². The minimum absolute atomic E-state index is 0.00408. The molecule has 0 spiro atoms. The third-order valence-electron chi connectivity index (χ3n) is 5.70. The van der Waals surface area contributed by atoms with Crippen molar-refractivity contribution in [3.8, 4) is 5.75 Å². The number of ketones is 1. The molecule has 0 atom stereocenters. The van der Waals surface area contributed by atoms with Crippen molar-refractivity contribution in [1.82, 2.24) is 9.88 Å². The number of unbranched alkanes of at least 4 members (excludes halogenated alkanes) is 1. The van der Waals surface area contributed by atoms with Crippen LogP contribution in [-0.2, 0) is 67.1 Å². The first-order valence-electron chi connectivity index (χ1n) is 12.4. The zero-order valence-corrected chi connectivity index (χ0v) is 24.3. The van der Waals surface area contributed by atoms with Crippen LogP contribution in [-0.4, -0.2) is 72.5 Å². The van der Waals surface area contributed by atoms with Gasteiger partial charge in [0.05, 0.1) is 12.3 Å². The molecule has 12 nitrogen and oxygen atoms in total. The molecule has 1 aromatic heterocycles. The molecule has 0 bridgehead atoms. The monoisotopic (exact) mass is 652 g/mol. The van der Waals surface area contributed by atoms with E-state index in [1.165, 1.54) is 5.69 Å². The molecule has 4 amide bonds. The molecule has 1 aromatic carbocycles.